The summed E-state index contributed by atoms with van der Waals surface area (Å²) in [4.78, 5) is 4.00. The Bertz CT molecular complexity index is 291. The zero-order valence-corrected chi connectivity index (χ0v) is 9.08. The zero-order valence-electron chi connectivity index (χ0n) is 9.08. The molecule has 0 bridgehead atoms. The van der Waals surface area contributed by atoms with Gasteiger partial charge in [-0.15, -0.1) is 0 Å². The number of hydrogen-bond donors (Lipinski definition) is 2. The number of anilines is 1. The maximum Gasteiger partial charge on any atom is 0.0371 e. The average Bonchev–Trinajstić information content (AvgIpc) is 2.77. The summed E-state index contributed by atoms with van der Waals surface area (Å²) in [7, 11) is 0. The molecule has 1 heterocycles. The van der Waals surface area contributed by atoms with Crippen molar-refractivity contribution in [2.24, 2.45) is 11.1 Å². The Morgan fingerprint density at radius 2 is 1.93 bits per heavy atom. The van der Waals surface area contributed by atoms with Crippen LogP contribution in [0.4, 0.5) is 5.69 Å². The van der Waals surface area contributed by atoms with Crippen LogP contribution in [0.1, 0.15) is 25.7 Å². The molecule has 2 rings (SSSR count). The number of rotatable bonds is 4. The van der Waals surface area contributed by atoms with Crippen LogP contribution in [0.15, 0.2) is 24.5 Å². The lowest BCUT2D eigenvalue weighted by Gasteiger charge is -2.27. The molecule has 0 unspecified atom stereocenters. The maximum atomic E-state index is 5.88. The largest absolute Gasteiger partial charge is 0.384 e. The van der Waals surface area contributed by atoms with Crippen LogP contribution in [0, 0.1) is 5.41 Å². The lowest BCUT2D eigenvalue weighted by Crippen LogP contribution is -2.34. The Kier molecular flexibility index (Phi) is 3.21. The van der Waals surface area contributed by atoms with E-state index in [0.29, 0.717) is 5.41 Å². The van der Waals surface area contributed by atoms with E-state index in [9.17, 15) is 0 Å². The standard InChI is InChI=1S/C12H19N3/c13-9-12(5-1-2-6-12)10-15-11-3-7-14-8-4-11/h3-4,7-8H,1-2,5-6,9-10,13H2,(H,14,15). The summed E-state index contributed by atoms with van der Waals surface area (Å²) >= 11 is 0. The van der Waals surface area contributed by atoms with E-state index in [1.807, 2.05) is 24.5 Å². The topological polar surface area (TPSA) is 50.9 Å². The van der Waals surface area contributed by atoms with Crippen LogP contribution >= 0.6 is 0 Å². The fraction of sp³-hybridized carbons (Fsp3) is 0.583. The first kappa shape index (κ1) is 10.4. The van der Waals surface area contributed by atoms with Crippen LogP contribution in [0.5, 0.6) is 0 Å². The predicted octanol–water partition coefficient (Wildman–Crippen LogP) is 2.01. The molecule has 0 aliphatic heterocycles. The van der Waals surface area contributed by atoms with Gasteiger partial charge in [-0.25, -0.2) is 0 Å². The van der Waals surface area contributed by atoms with E-state index in [0.717, 1.165) is 18.8 Å². The third-order valence-corrected chi connectivity index (χ3v) is 3.45. The van der Waals surface area contributed by atoms with Crippen molar-refractivity contribution in [3.8, 4) is 0 Å². The molecule has 1 aromatic heterocycles. The van der Waals surface area contributed by atoms with E-state index in [1.165, 1.54) is 25.7 Å². The van der Waals surface area contributed by atoms with Gasteiger partial charge < -0.3 is 11.1 Å². The Morgan fingerprint density at radius 3 is 2.53 bits per heavy atom. The summed E-state index contributed by atoms with van der Waals surface area (Å²) in [6.07, 6.45) is 8.81. The van der Waals surface area contributed by atoms with Crippen LogP contribution in [-0.2, 0) is 0 Å². The van der Waals surface area contributed by atoms with Crippen LogP contribution in [0.25, 0.3) is 0 Å². The molecule has 1 aliphatic carbocycles. The molecular weight excluding hydrogens is 186 g/mol. The highest BCUT2D eigenvalue weighted by atomic mass is 14.9. The fourth-order valence-electron chi connectivity index (χ4n) is 2.34. The molecule has 0 spiro atoms. The molecule has 1 aliphatic rings. The van der Waals surface area contributed by atoms with Crippen LogP contribution in [-0.4, -0.2) is 18.1 Å². The third-order valence-electron chi connectivity index (χ3n) is 3.45. The first-order valence-electron chi connectivity index (χ1n) is 5.69. The van der Waals surface area contributed by atoms with Crippen molar-refractivity contribution in [1.29, 1.82) is 0 Å². The minimum atomic E-state index is 0.337. The first-order chi connectivity index (χ1) is 7.35. The molecule has 0 saturated heterocycles. The lowest BCUT2D eigenvalue weighted by atomic mass is 9.86. The smallest absolute Gasteiger partial charge is 0.0371 e. The maximum absolute atomic E-state index is 5.88. The summed E-state index contributed by atoms with van der Waals surface area (Å²) < 4.78 is 0. The van der Waals surface area contributed by atoms with Crippen molar-refractivity contribution < 1.29 is 0 Å². The van der Waals surface area contributed by atoms with Gasteiger partial charge in [-0.2, -0.15) is 0 Å². The van der Waals surface area contributed by atoms with Gasteiger partial charge in [-0.1, -0.05) is 12.8 Å². The van der Waals surface area contributed by atoms with Gasteiger partial charge in [0.1, 0.15) is 0 Å². The van der Waals surface area contributed by atoms with Crippen molar-refractivity contribution in [2.75, 3.05) is 18.4 Å². The molecule has 0 radical (unpaired) electrons. The minimum Gasteiger partial charge on any atom is -0.384 e. The molecule has 3 N–H and O–H groups in total. The van der Waals surface area contributed by atoms with E-state index >= 15 is 0 Å². The summed E-state index contributed by atoms with van der Waals surface area (Å²) in [5.74, 6) is 0. The van der Waals surface area contributed by atoms with E-state index in [1.54, 1.807) is 0 Å². The van der Waals surface area contributed by atoms with Gasteiger partial charge in [0.25, 0.3) is 0 Å². The SMILES string of the molecule is NCC1(CNc2ccncc2)CCCC1. The third kappa shape index (κ3) is 2.48. The van der Waals surface area contributed by atoms with Gasteiger partial charge in [0.2, 0.25) is 0 Å². The Balaban J connectivity index is 1.92. The monoisotopic (exact) mass is 205 g/mol. The number of hydrogen-bond acceptors (Lipinski definition) is 3. The van der Waals surface area contributed by atoms with Crippen molar-refractivity contribution >= 4 is 5.69 Å². The second-order valence-corrected chi connectivity index (χ2v) is 4.50. The molecule has 3 heteroatoms. The van der Waals surface area contributed by atoms with Crippen LogP contribution in [0.2, 0.25) is 0 Å². The summed E-state index contributed by atoms with van der Waals surface area (Å²) in [5.41, 5.74) is 7.36. The molecule has 1 saturated carbocycles. The zero-order chi connectivity index (χ0) is 10.6. The molecule has 1 aromatic rings. The molecule has 3 nitrogen and oxygen atoms in total. The fourth-order valence-corrected chi connectivity index (χ4v) is 2.34. The number of aromatic nitrogens is 1. The highest BCUT2D eigenvalue weighted by Gasteiger charge is 2.31. The quantitative estimate of drug-likeness (QED) is 0.790. The van der Waals surface area contributed by atoms with Gasteiger partial charge in [-0.05, 0) is 36.9 Å². The van der Waals surface area contributed by atoms with E-state index in [2.05, 4.69) is 10.3 Å². The number of pyridine rings is 1. The molecular formula is C12H19N3. The average molecular weight is 205 g/mol. The lowest BCUT2D eigenvalue weighted by molar-refractivity contribution is 0.332. The van der Waals surface area contributed by atoms with Gasteiger partial charge in [0.05, 0.1) is 0 Å². The molecule has 0 amide bonds. The van der Waals surface area contributed by atoms with Crippen molar-refractivity contribution in [3.63, 3.8) is 0 Å². The number of nitrogens with one attached hydrogen (secondary N) is 1. The Labute approximate surface area is 91.1 Å². The van der Waals surface area contributed by atoms with E-state index < -0.39 is 0 Å². The van der Waals surface area contributed by atoms with Crippen LogP contribution in [0.3, 0.4) is 0 Å². The van der Waals surface area contributed by atoms with Gasteiger partial charge in [0, 0.05) is 24.6 Å². The van der Waals surface area contributed by atoms with Crippen LogP contribution < -0.4 is 11.1 Å². The molecule has 0 aromatic carbocycles. The Morgan fingerprint density at radius 1 is 1.27 bits per heavy atom. The second kappa shape index (κ2) is 4.62. The highest BCUT2D eigenvalue weighted by Crippen LogP contribution is 2.37. The van der Waals surface area contributed by atoms with Crippen molar-refractivity contribution in [1.82, 2.24) is 4.98 Å². The van der Waals surface area contributed by atoms with Crippen molar-refractivity contribution in [2.45, 2.75) is 25.7 Å². The molecule has 1 fully saturated rings. The molecule has 82 valence electrons. The van der Waals surface area contributed by atoms with Crippen molar-refractivity contribution in [3.05, 3.63) is 24.5 Å². The summed E-state index contributed by atoms with van der Waals surface area (Å²) in [6.45, 7) is 1.79. The number of nitrogens with two attached hydrogens (primary N) is 1. The number of nitrogens with zero attached hydrogens (tertiary/aromatic N) is 1. The minimum absolute atomic E-state index is 0.337. The second-order valence-electron chi connectivity index (χ2n) is 4.50. The van der Waals surface area contributed by atoms with Gasteiger partial charge in [0.15, 0.2) is 0 Å². The summed E-state index contributed by atoms with van der Waals surface area (Å²) in [6, 6.07) is 4.00. The molecule has 15 heavy (non-hydrogen) atoms. The normalized spacial score (nSPS) is 19.0. The summed E-state index contributed by atoms with van der Waals surface area (Å²) in [5, 5.41) is 3.46. The molecule has 0 atom stereocenters. The first-order valence-corrected chi connectivity index (χ1v) is 5.69. The van der Waals surface area contributed by atoms with E-state index in [-0.39, 0.29) is 0 Å². The predicted molar refractivity (Wildman–Crippen MR) is 62.7 cm³/mol. The Hall–Kier alpha value is -1.09. The van der Waals surface area contributed by atoms with Gasteiger partial charge in [-0.3, -0.25) is 4.98 Å². The van der Waals surface area contributed by atoms with E-state index in [4.69, 9.17) is 5.73 Å². The van der Waals surface area contributed by atoms with Gasteiger partial charge >= 0.3 is 0 Å². The highest BCUT2D eigenvalue weighted by molar-refractivity contribution is 5.41.